The predicted molar refractivity (Wildman–Crippen MR) is 206 cm³/mol. The zero-order valence-corrected chi connectivity index (χ0v) is 27.5. The van der Waals surface area contributed by atoms with Crippen molar-refractivity contribution in [2.75, 3.05) is 0 Å². The van der Waals surface area contributed by atoms with Crippen molar-refractivity contribution >= 4 is 43.2 Å². The lowest BCUT2D eigenvalue weighted by Gasteiger charge is -2.23. The van der Waals surface area contributed by atoms with Crippen LogP contribution in [0.15, 0.2) is 158 Å². The second kappa shape index (κ2) is 10.9. The second-order valence-electron chi connectivity index (χ2n) is 14.0. The van der Waals surface area contributed by atoms with Crippen molar-refractivity contribution in [3.63, 3.8) is 0 Å². The molecule has 0 radical (unpaired) electrons. The van der Waals surface area contributed by atoms with Crippen LogP contribution in [0, 0.1) is 0 Å². The van der Waals surface area contributed by atoms with Crippen LogP contribution in [0.1, 0.15) is 26.3 Å². The molecule has 0 aliphatic rings. The monoisotopic (exact) mass is 613 g/mol. The number of rotatable bonds is 4. The maximum Gasteiger partial charge on any atom is 0.0715 e. The SMILES string of the molecule is CC(C)(C)c1cc2ccc3c(-c4ccccc4)cc(-c4ccc(-c5cc(-c6ccccc6)c6ccccc6n5)cc4)c4ccc(c1)c2c34. The molecule has 0 atom stereocenters. The van der Waals surface area contributed by atoms with Crippen molar-refractivity contribution < 1.29 is 0 Å². The van der Waals surface area contributed by atoms with Crippen LogP contribution in [-0.2, 0) is 5.41 Å². The highest BCUT2D eigenvalue weighted by Gasteiger charge is 2.20. The van der Waals surface area contributed by atoms with Crippen LogP contribution < -0.4 is 0 Å². The molecule has 228 valence electrons. The number of hydrogen-bond acceptors (Lipinski definition) is 1. The van der Waals surface area contributed by atoms with Crippen molar-refractivity contribution in [1.29, 1.82) is 0 Å². The van der Waals surface area contributed by atoms with Crippen LogP contribution in [0.5, 0.6) is 0 Å². The number of pyridine rings is 1. The average Bonchev–Trinajstić information content (AvgIpc) is 3.13. The quantitative estimate of drug-likeness (QED) is 0.180. The first-order valence-electron chi connectivity index (χ1n) is 16.8. The Morgan fingerprint density at radius 1 is 0.396 bits per heavy atom. The van der Waals surface area contributed by atoms with Gasteiger partial charge in [0.05, 0.1) is 11.2 Å². The maximum atomic E-state index is 5.12. The Kier molecular flexibility index (Phi) is 6.45. The predicted octanol–water partition coefficient (Wildman–Crippen LogP) is 13.1. The smallest absolute Gasteiger partial charge is 0.0715 e. The summed E-state index contributed by atoms with van der Waals surface area (Å²) in [5.41, 5.74) is 11.9. The molecule has 1 heteroatoms. The van der Waals surface area contributed by atoms with Crippen molar-refractivity contribution in [2.45, 2.75) is 26.2 Å². The van der Waals surface area contributed by atoms with Crippen LogP contribution in [0.3, 0.4) is 0 Å². The summed E-state index contributed by atoms with van der Waals surface area (Å²) in [5, 5.41) is 9.05. The van der Waals surface area contributed by atoms with Gasteiger partial charge >= 0.3 is 0 Å². The molecule has 9 aromatic rings. The topological polar surface area (TPSA) is 12.9 Å². The van der Waals surface area contributed by atoms with E-state index < -0.39 is 0 Å². The van der Waals surface area contributed by atoms with Gasteiger partial charge in [-0.25, -0.2) is 4.98 Å². The van der Waals surface area contributed by atoms with E-state index in [1.54, 1.807) is 0 Å². The summed E-state index contributed by atoms with van der Waals surface area (Å²) in [6.07, 6.45) is 0. The molecule has 0 N–H and O–H groups in total. The van der Waals surface area contributed by atoms with Gasteiger partial charge in [-0.1, -0.05) is 160 Å². The Morgan fingerprint density at radius 2 is 0.896 bits per heavy atom. The fraction of sp³-hybridized carbons (Fsp3) is 0.0851. The number of aromatic nitrogens is 1. The Balaban J connectivity index is 1.24. The molecule has 0 bridgehead atoms. The fourth-order valence-corrected chi connectivity index (χ4v) is 7.44. The van der Waals surface area contributed by atoms with Gasteiger partial charge in [0.25, 0.3) is 0 Å². The Bertz CT molecular complexity index is 2590. The summed E-state index contributed by atoms with van der Waals surface area (Å²) < 4.78 is 0. The third-order valence-electron chi connectivity index (χ3n) is 9.96. The molecule has 0 spiro atoms. The first-order valence-corrected chi connectivity index (χ1v) is 16.8. The molecule has 1 nitrogen and oxygen atoms in total. The van der Waals surface area contributed by atoms with Gasteiger partial charge in [-0.2, -0.15) is 0 Å². The molecule has 0 amide bonds. The molecular formula is C47H35N. The largest absolute Gasteiger partial charge is 0.248 e. The molecule has 0 saturated heterocycles. The van der Waals surface area contributed by atoms with Crippen LogP contribution in [0.2, 0.25) is 0 Å². The van der Waals surface area contributed by atoms with Crippen molar-refractivity contribution in [3.05, 3.63) is 163 Å². The zero-order valence-electron chi connectivity index (χ0n) is 27.5. The highest BCUT2D eigenvalue weighted by molar-refractivity contribution is 6.28. The summed E-state index contributed by atoms with van der Waals surface area (Å²) >= 11 is 0. The molecule has 0 unspecified atom stereocenters. The van der Waals surface area contributed by atoms with Gasteiger partial charge in [0.15, 0.2) is 0 Å². The summed E-state index contributed by atoms with van der Waals surface area (Å²) in [7, 11) is 0. The zero-order chi connectivity index (χ0) is 32.4. The average molecular weight is 614 g/mol. The van der Waals surface area contributed by atoms with Gasteiger partial charge in [-0.05, 0) is 94.9 Å². The molecule has 1 heterocycles. The van der Waals surface area contributed by atoms with E-state index in [2.05, 4.69) is 178 Å². The minimum absolute atomic E-state index is 0.0777. The maximum absolute atomic E-state index is 5.12. The molecule has 0 aliphatic carbocycles. The molecule has 8 aromatic carbocycles. The fourth-order valence-electron chi connectivity index (χ4n) is 7.44. The normalized spacial score (nSPS) is 12.1. The van der Waals surface area contributed by atoms with Gasteiger partial charge in [0.1, 0.15) is 0 Å². The minimum Gasteiger partial charge on any atom is -0.248 e. The van der Waals surface area contributed by atoms with Crippen LogP contribution in [0.4, 0.5) is 0 Å². The van der Waals surface area contributed by atoms with Crippen molar-refractivity contribution in [3.8, 4) is 44.6 Å². The number of nitrogens with zero attached hydrogens (tertiary/aromatic N) is 1. The molecular weight excluding hydrogens is 579 g/mol. The van der Waals surface area contributed by atoms with E-state index in [4.69, 9.17) is 4.98 Å². The first kappa shape index (κ1) is 28.4. The van der Waals surface area contributed by atoms with E-state index in [-0.39, 0.29) is 5.41 Å². The highest BCUT2D eigenvalue weighted by Crippen LogP contribution is 2.45. The van der Waals surface area contributed by atoms with E-state index in [1.165, 1.54) is 76.6 Å². The van der Waals surface area contributed by atoms with Gasteiger partial charge in [-0.3, -0.25) is 0 Å². The van der Waals surface area contributed by atoms with E-state index >= 15 is 0 Å². The molecule has 0 fully saturated rings. The van der Waals surface area contributed by atoms with E-state index in [1.807, 2.05) is 0 Å². The lowest BCUT2D eigenvalue weighted by Crippen LogP contribution is -2.10. The summed E-state index contributed by atoms with van der Waals surface area (Å²) in [6.45, 7) is 6.89. The Morgan fingerprint density at radius 3 is 1.48 bits per heavy atom. The standard InChI is InChI=1S/C47H35N/c1-47(2,3)36-26-34-22-24-38-40(30-12-6-4-7-13-30)28-41(39-25-23-35(27-36)45(34)46(38)39)32-18-20-33(21-19-32)44-29-42(31-14-8-5-9-15-31)37-16-10-11-17-43(37)48-44/h4-29H,1-3H3. The van der Waals surface area contributed by atoms with Crippen molar-refractivity contribution in [2.24, 2.45) is 0 Å². The van der Waals surface area contributed by atoms with Crippen molar-refractivity contribution in [1.82, 2.24) is 4.98 Å². The lowest BCUT2D eigenvalue weighted by molar-refractivity contribution is 0.591. The highest BCUT2D eigenvalue weighted by atomic mass is 14.7. The summed E-state index contributed by atoms with van der Waals surface area (Å²) in [4.78, 5) is 5.12. The Labute approximate surface area is 281 Å². The van der Waals surface area contributed by atoms with Gasteiger partial charge in [0, 0.05) is 10.9 Å². The lowest BCUT2D eigenvalue weighted by atomic mass is 9.81. The molecule has 48 heavy (non-hydrogen) atoms. The summed E-state index contributed by atoms with van der Waals surface area (Å²) in [6, 6.07) is 57.6. The van der Waals surface area contributed by atoms with Gasteiger partial charge < -0.3 is 0 Å². The van der Waals surface area contributed by atoms with E-state index in [9.17, 15) is 0 Å². The molecule has 0 aliphatic heterocycles. The third kappa shape index (κ3) is 4.66. The third-order valence-corrected chi connectivity index (χ3v) is 9.96. The first-order chi connectivity index (χ1) is 23.4. The number of benzene rings is 8. The van der Waals surface area contributed by atoms with E-state index in [0.717, 1.165) is 16.8 Å². The van der Waals surface area contributed by atoms with Crippen LogP contribution in [0.25, 0.3) is 87.9 Å². The van der Waals surface area contributed by atoms with Gasteiger partial charge in [-0.15, -0.1) is 0 Å². The second-order valence-corrected chi connectivity index (χ2v) is 14.0. The number of para-hydroxylation sites is 1. The molecule has 9 rings (SSSR count). The summed E-state index contributed by atoms with van der Waals surface area (Å²) in [5.74, 6) is 0. The number of hydrogen-bond donors (Lipinski definition) is 0. The minimum atomic E-state index is 0.0777. The Hall–Kier alpha value is -5.79. The van der Waals surface area contributed by atoms with Gasteiger partial charge in [0.2, 0.25) is 0 Å². The van der Waals surface area contributed by atoms with E-state index in [0.29, 0.717) is 0 Å². The number of fused-ring (bicyclic) bond motifs is 1. The van der Waals surface area contributed by atoms with Crippen LogP contribution >= 0.6 is 0 Å². The molecule has 1 aromatic heterocycles. The van der Waals surface area contributed by atoms with Crippen LogP contribution in [-0.4, -0.2) is 4.98 Å². The molecule has 0 saturated carbocycles.